The van der Waals surface area contributed by atoms with Gasteiger partial charge in [0.15, 0.2) is 0 Å². The predicted molar refractivity (Wildman–Crippen MR) is 71.6 cm³/mol. The van der Waals surface area contributed by atoms with Crippen molar-refractivity contribution in [2.45, 2.75) is 59.4 Å². The van der Waals surface area contributed by atoms with Crippen LogP contribution in [0.15, 0.2) is 0 Å². The molecule has 0 saturated heterocycles. The van der Waals surface area contributed by atoms with Gasteiger partial charge in [-0.25, -0.2) is 4.79 Å². The van der Waals surface area contributed by atoms with Crippen LogP contribution in [0.25, 0.3) is 0 Å². The zero-order valence-electron chi connectivity index (χ0n) is 11.9. The van der Waals surface area contributed by atoms with Gasteiger partial charge in [-0.1, -0.05) is 27.2 Å². The summed E-state index contributed by atoms with van der Waals surface area (Å²) in [7, 11) is 0. The molecule has 0 rings (SSSR count). The van der Waals surface area contributed by atoms with E-state index in [1.54, 1.807) is 13.8 Å². The highest BCUT2D eigenvalue weighted by molar-refractivity contribution is 5.77. The molecule has 2 unspecified atom stereocenters. The summed E-state index contributed by atoms with van der Waals surface area (Å²) in [5, 5.41) is 14.6. The Morgan fingerprint density at radius 3 is 2.28 bits per heavy atom. The van der Waals surface area contributed by atoms with Gasteiger partial charge in [0.2, 0.25) is 0 Å². The van der Waals surface area contributed by atoms with Crippen LogP contribution in [0.4, 0.5) is 4.79 Å². The second kappa shape index (κ2) is 7.95. The predicted octanol–water partition coefficient (Wildman–Crippen LogP) is 2.37. The number of carbonyl (C=O) groups is 2. The molecule has 0 aliphatic rings. The number of carboxylic acid groups (broad SMARTS) is 1. The van der Waals surface area contributed by atoms with Crippen LogP contribution >= 0.6 is 0 Å². The van der Waals surface area contributed by atoms with Crippen molar-refractivity contribution in [2.24, 2.45) is 5.41 Å². The first kappa shape index (κ1) is 16.7. The van der Waals surface area contributed by atoms with E-state index in [1.165, 1.54) is 0 Å². The molecule has 0 fully saturated rings. The molecule has 2 amide bonds. The highest BCUT2D eigenvalue weighted by Crippen LogP contribution is 2.19. The molecule has 0 bridgehead atoms. The average Bonchev–Trinajstić information content (AvgIpc) is 2.35. The number of nitrogens with one attached hydrogen (secondary N) is 2. The van der Waals surface area contributed by atoms with E-state index in [1.807, 2.05) is 6.92 Å². The van der Waals surface area contributed by atoms with Gasteiger partial charge in [0, 0.05) is 12.6 Å². The summed E-state index contributed by atoms with van der Waals surface area (Å²) >= 11 is 0. The molecule has 5 heteroatoms. The maximum Gasteiger partial charge on any atom is 0.315 e. The molecule has 0 saturated carbocycles. The third kappa shape index (κ3) is 5.38. The number of carbonyl (C=O) groups excluding carboxylic acids is 1. The van der Waals surface area contributed by atoms with E-state index >= 15 is 0 Å². The molecule has 2 atom stereocenters. The van der Waals surface area contributed by atoms with Gasteiger partial charge in [-0.05, 0) is 26.2 Å². The summed E-state index contributed by atoms with van der Waals surface area (Å²) in [4.78, 5) is 22.7. The topological polar surface area (TPSA) is 78.4 Å². The molecule has 3 N–H and O–H groups in total. The van der Waals surface area contributed by atoms with Crippen molar-refractivity contribution >= 4 is 12.0 Å². The van der Waals surface area contributed by atoms with Crippen LogP contribution in [0.3, 0.4) is 0 Å². The van der Waals surface area contributed by atoms with E-state index in [4.69, 9.17) is 5.11 Å². The fourth-order valence-corrected chi connectivity index (χ4v) is 1.59. The quantitative estimate of drug-likeness (QED) is 0.625. The van der Waals surface area contributed by atoms with Crippen LogP contribution in [-0.2, 0) is 4.79 Å². The van der Waals surface area contributed by atoms with Crippen LogP contribution in [0, 0.1) is 5.41 Å². The minimum atomic E-state index is -0.899. The maximum atomic E-state index is 11.7. The van der Waals surface area contributed by atoms with E-state index in [2.05, 4.69) is 17.6 Å². The van der Waals surface area contributed by atoms with Crippen LogP contribution < -0.4 is 10.6 Å². The van der Waals surface area contributed by atoms with Crippen molar-refractivity contribution in [1.29, 1.82) is 0 Å². The van der Waals surface area contributed by atoms with E-state index in [0.717, 1.165) is 19.3 Å². The van der Waals surface area contributed by atoms with Crippen LogP contribution in [0.5, 0.6) is 0 Å². The van der Waals surface area contributed by atoms with Gasteiger partial charge in [-0.3, -0.25) is 4.79 Å². The SMILES string of the molecule is CCCC(CC)NC(=O)NCC(C)(CC)C(=O)O. The molecule has 0 aliphatic carbocycles. The summed E-state index contributed by atoms with van der Waals surface area (Å²) in [6, 6.07) is -0.121. The first-order chi connectivity index (χ1) is 8.39. The Morgan fingerprint density at radius 2 is 1.89 bits per heavy atom. The lowest BCUT2D eigenvalue weighted by Gasteiger charge is -2.24. The third-order valence-corrected chi connectivity index (χ3v) is 3.40. The molecule has 0 aromatic carbocycles. The Bertz CT molecular complexity index is 281. The zero-order valence-corrected chi connectivity index (χ0v) is 11.9. The van der Waals surface area contributed by atoms with E-state index < -0.39 is 11.4 Å². The standard InChI is InChI=1S/C13H26N2O3/c1-5-8-10(6-2)15-12(18)14-9-13(4,7-3)11(16)17/h10H,5-9H2,1-4H3,(H,16,17)(H2,14,15,18). The highest BCUT2D eigenvalue weighted by Gasteiger charge is 2.31. The summed E-state index contributed by atoms with van der Waals surface area (Å²) in [6.45, 7) is 7.68. The molecule has 0 spiro atoms. The normalized spacial score (nSPS) is 15.6. The van der Waals surface area contributed by atoms with E-state index in [-0.39, 0.29) is 18.6 Å². The Morgan fingerprint density at radius 1 is 1.28 bits per heavy atom. The minimum absolute atomic E-state index is 0.146. The number of hydrogen-bond donors (Lipinski definition) is 3. The number of carboxylic acids is 1. The molecule has 0 aromatic rings. The molecule has 5 nitrogen and oxygen atoms in total. The fraction of sp³-hybridized carbons (Fsp3) is 0.846. The number of urea groups is 1. The molecular formula is C13H26N2O3. The van der Waals surface area contributed by atoms with Crippen LogP contribution in [-0.4, -0.2) is 29.7 Å². The lowest BCUT2D eigenvalue weighted by atomic mass is 9.88. The van der Waals surface area contributed by atoms with Crippen molar-refractivity contribution in [3.05, 3.63) is 0 Å². The first-order valence-corrected chi connectivity index (χ1v) is 6.67. The van der Waals surface area contributed by atoms with Crippen molar-refractivity contribution in [3.63, 3.8) is 0 Å². The van der Waals surface area contributed by atoms with Gasteiger partial charge < -0.3 is 15.7 Å². The van der Waals surface area contributed by atoms with Gasteiger partial charge in [0.1, 0.15) is 0 Å². The van der Waals surface area contributed by atoms with Gasteiger partial charge in [-0.15, -0.1) is 0 Å². The molecule has 106 valence electrons. The summed E-state index contributed by atoms with van der Waals surface area (Å²) < 4.78 is 0. The molecule has 0 aliphatic heterocycles. The van der Waals surface area contributed by atoms with Gasteiger partial charge in [0.25, 0.3) is 0 Å². The molecule has 0 heterocycles. The molecule has 18 heavy (non-hydrogen) atoms. The largest absolute Gasteiger partial charge is 0.481 e. The molecular weight excluding hydrogens is 232 g/mol. The van der Waals surface area contributed by atoms with Crippen molar-refractivity contribution in [2.75, 3.05) is 6.54 Å². The van der Waals surface area contributed by atoms with Gasteiger partial charge in [-0.2, -0.15) is 0 Å². The number of aliphatic carboxylic acids is 1. The second-order valence-electron chi connectivity index (χ2n) is 4.94. The lowest BCUT2D eigenvalue weighted by molar-refractivity contribution is -0.147. The first-order valence-electron chi connectivity index (χ1n) is 6.67. The molecule has 0 aromatic heterocycles. The smallest absolute Gasteiger partial charge is 0.315 e. The van der Waals surface area contributed by atoms with Crippen molar-refractivity contribution in [3.8, 4) is 0 Å². The van der Waals surface area contributed by atoms with Gasteiger partial charge in [0.05, 0.1) is 5.41 Å². The Balaban J connectivity index is 4.20. The third-order valence-electron chi connectivity index (χ3n) is 3.40. The Labute approximate surface area is 109 Å². The van der Waals surface area contributed by atoms with Crippen molar-refractivity contribution < 1.29 is 14.7 Å². The molecule has 0 radical (unpaired) electrons. The highest BCUT2D eigenvalue weighted by atomic mass is 16.4. The van der Waals surface area contributed by atoms with Crippen LogP contribution in [0.2, 0.25) is 0 Å². The summed E-state index contributed by atoms with van der Waals surface area (Å²) in [5.74, 6) is -0.883. The van der Waals surface area contributed by atoms with Crippen LogP contribution in [0.1, 0.15) is 53.4 Å². The van der Waals surface area contributed by atoms with E-state index in [9.17, 15) is 9.59 Å². The summed E-state index contributed by atoms with van der Waals surface area (Å²) in [5.41, 5.74) is -0.899. The minimum Gasteiger partial charge on any atom is -0.481 e. The summed E-state index contributed by atoms with van der Waals surface area (Å²) in [6.07, 6.45) is 3.31. The zero-order chi connectivity index (χ0) is 14.2. The van der Waals surface area contributed by atoms with E-state index in [0.29, 0.717) is 6.42 Å². The average molecular weight is 258 g/mol. The number of hydrogen-bond acceptors (Lipinski definition) is 2. The number of amides is 2. The van der Waals surface area contributed by atoms with Gasteiger partial charge >= 0.3 is 12.0 Å². The second-order valence-corrected chi connectivity index (χ2v) is 4.94. The monoisotopic (exact) mass is 258 g/mol. The maximum absolute atomic E-state index is 11.7. The lowest BCUT2D eigenvalue weighted by Crippen LogP contribution is -2.47. The Kier molecular flexibility index (Phi) is 7.39. The number of rotatable bonds is 8. The fourth-order valence-electron chi connectivity index (χ4n) is 1.59. The Hall–Kier alpha value is -1.26. The van der Waals surface area contributed by atoms with Crippen molar-refractivity contribution in [1.82, 2.24) is 10.6 Å².